The van der Waals surface area contributed by atoms with Gasteiger partial charge in [-0.2, -0.15) is 0 Å². The summed E-state index contributed by atoms with van der Waals surface area (Å²) in [7, 11) is 3.19. The summed E-state index contributed by atoms with van der Waals surface area (Å²) in [5.41, 5.74) is 2.27. The van der Waals surface area contributed by atoms with Gasteiger partial charge in [0.15, 0.2) is 5.78 Å². The normalized spacial score (nSPS) is 11.0. The first kappa shape index (κ1) is 15.6. The quantitative estimate of drug-likeness (QED) is 0.825. The second-order valence-electron chi connectivity index (χ2n) is 4.73. The topological polar surface area (TPSA) is 47.6 Å². The van der Waals surface area contributed by atoms with Gasteiger partial charge >= 0.3 is 0 Å². The van der Waals surface area contributed by atoms with Crippen LogP contribution in [0.25, 0.3) is 5.57 Å². The molecule has 114 valence electrons. The van der Waals surface area contributed by atoms with Crippen LogP contribution >= 0.6 is 0 Å². The zero-order valence-corrected chi connectivity index (χ0v) is 12.9. The van der Waals surface area contributed by atoms with Crippen LogP contribution in [0.5, 0.6) is 11.5 Å². The van der Waals surface area contributed by atoms with Crippen molar-refractivity contribution in [1.82, 2.24) is 0 Å². The van der Waals surface area contributed by atoms with E-state index in [-0.39, 0.29) is 5.78 Å². The molecule has 0 atom stereocenters. The van der Waals surface area contributed by atoms with Gasteiger partial charge in [-0.1, -0.05) is 30.3 Å². The third kappa shape index (κ3) is 3.88. The number of methoxy groups -OCH3 is 2. The minimum absolute atomic E-state index is 0.00596. The van der Waals surface area contributed by atoms with E-state index in [4.69, 9.17) is 9.47 Å². The van der Waals surface area contributed by atoms with Crippen molar-refractivity contribution in [2.45, 2.75) is 6.92 Å². The zero-order valence-electron chi connectivity index (χ0n) is 12.9. The van der Waals surface area contributed by atoms with Crippen LogP contribution in [0, 0.1) is 0 Å². The van der Waals surface area contributed by atoms with Crippen LogP contribution in [0.1, 0.15) is 12.5 Å². The van der Waals surface area contributed by atoms with E-state index in [0.29, 0.717) is 17.1 Å². The molecule has 0 aliphatic rings. The molecule has 0 saturated heterocycles. The van der Waals surface area contributed by atoms with Gasteiger partial charge in [-0.25, -0.2) is 0 Å². The molecule has 2 aromatic rings. The number of ether oxygens (including phenoxy) is 2. The highest BCUT2D eigenvalue weighted by molar-refractivity contribution is 6.19. The van der Waals surface area contributed by atoms with Crippen LogP contribution in [-0.4, -0.2) is 20.0 Å². The van der Waals surface area contributed by atoms with Gasteiger partial charge in [-0.3, -0.25) is 4.79 Å². The van der Waals surface area contributed by atoms with E-state index >= 15 is 0 Å². The Bertz CT molecular complexity index is 656. The summed E-state index contributed by atoms with van der Waals surface area (Å²) in [5, 5.41) is 3.13. The average molecular weight is 297 g/mol. The molecule has 0 aromatic heterocycles. The lowest BCUT2D eigenvalue weighted by molar-refractivity contribution is -0.111. The van der Waals surface area contributed by atoms with E-state index < -0.39 is 0 Å². The molecule has 0 fully saturated rings. The number of nitrogens with one attached hydrogen (secondary N) is 1. The van der Waals surface area contributed by atoms with Gasteiger partial charge < -0.3 is 14.8 Å². The summed E-state index contributed by atoms with van der Waals surface area (Å²) in [4.78, 5) is 11.9. The number of carbonyl (C=O) groups is 1. The van der Waals surface area contributed by atoms with Crippen LogP contribution in [-0.2, 0) is 4.79 Å². The lowest BCUT2D eigenvalue weighted by Crippen LogP contribution is -2.00. The van der Waals surface area contributed by atoms with Crippen molar-refractivity contribution < 1.29 is 14.3 Å². The molecule has 4 heteroatoms. The summed E-state index contributed by atoms with van der Waals surface area (Å²) >= 11 is 0. The predicted octanol–water partition coefficient (Wildman–Crippen LogP) is 3.75. The van der Waals surface area contributed by atoms with Crippen LogP contribution in [0.2, 0.25) is 0 Å². The third-order valence-electron chi connectivity index (χ3n) is 3.20. The second kappa shape index (κ2) is 7.31. The van der Waals surface area contributed by atoms with Gasteiger partial charge in [0.25, 0.3) is 0 Å². The molecule has 22 heavy (non-hydrogen) atoms. The summed E-state index contributed by atoms with van der Waals surface area (Å²) in [6, 6.07) is 15.0. The van der Waals surface area contributed by atoms with Crippen molar-refractivity contribution >= 4 is 17.0 Å². The number of Topliss-reactive ketones (excluding diaryl/α,β-unsaturated/α-hetero) is 1. The molecule has 2 rings (SSSR count). The summed E-state index contributed by atoms with van der Waals surface area (Å²) in [6.07, 6.45) is 1.70. The summed E-state index contributed by atoms with van der Waals surface area (Å²) in [5.74, 6) is 1.35. The van der Waals surface area contributed by atoms with E-state index in [1.807, 2.05) is 42.5 Å². The molecule has 0 aliphatic carbocycles. The molecule has 0 radical (unpaired) electrons. The molecule has 0 aliphatic heterocycles. The first-order valence-electron chi connectivity index (χ1n) is 6.90. The van der Waals surface area contributed by atoms with Gasteiger partial charge in [-0.15, -0.1) is 0 Å². The molecule has 0 bridgehead atoms. The van der Waals surface area contributed by atoms with Crippen LogP contribution in [0.3, 0.4) is 0 Å². The fourth-order valence-corrected chi connectivity index (χ4v) is 2.05. The van der Waals surface area contributed by atoms with Crippen molar-refractivity contribution in [2.24, 2.45) is 0 Å². The van der Waals surface area contributed by atoms with Crippen molar-refractivity contribution in [2.75, 3.05) is 19.5 Å². The molecular formula is C18H19NO3. The Labute approximate surface area is 130 Å². The zero-order chi connectivity index (χ0) is 15.9. The highest BCUT2D eigenvalue weighted by Crippen LogP contribution is 2.26. The molecule has 1 N–H and O–H groups in total. The number of allylic oxidation sites excluding steroid dienone is 1. The van der Waals surface area contributed by atoms with Gasteiger partial charge in [-0.05, 0) is 12.5 Å². The van der Waals surface area contributed by atoms with Crippen LogP contribution < -0.4 is 14.8 Å². The maximum Gasteiger partial charge on any atom is 0.161 e. The second-order valence-corrected chi connectivity index (χ2v) is 4.73. The Morgan fingerprint density at radius 2 is 1.59 bits per heavy atom. The number of hydrogen-bond donors (Lipinski definition) is 1. The Morgan fingerprint density at radius 3 is 2.09 bits per heavy atom. The number of anilines is 1. The largest absolute Gasteiger partial charge is 0.497 e. The monoisotopic (exact) mass is 297 g/mol. The maximum absolute atomic E-state index is 11.9. The van der Waals surface area contributed by atoms with E-state index in [1.54, 1.807) is 33.4 Å². The minimum Gasteiger partial charge on any atom is -0.497 e. The van der Waals surface area contributed by atoms with Crippen molar-refractivity contribution in [1.29, 1.82) is 0 Å². The number of ketones is 1. The van der Waals surface area contributed by atoms with E-state index in [2.05, 4.69) is 5.32 Å². The fraction of sp³-hybridized carbons (Fsp3) is 0.167. The first-order chi connectivity index (χ1) is 10.6. The average Bonchev–Trinajstić information content (AvgIpc) is 2.55. The Kier molecular flexibility index (Phi) is 5.20. The van der Waals surface area contributed by atoms with Crippen molar-refractivity contribution in [3.63, 3.8) is 0 Å². The standard InChI is InChI=1S/C18H19NO3/c1-13(20)18(14-7-5-4-6-8-14)12-19-15-9-16(21-2)11-17(10-15)22-3/h4-12,19H,1-3H3/b18-12-. The Morgan fingerprint density at radius 1 is 1.00 bits per heavy atom. The molecule has 0 heterocycles. The number of hydrogen-bond acceptors (Lipinski definition) is 4. The lowest BCUT2D eigenvalue weighted by Gasteiger charge is -2.10. The van der Waals surface area contributed by atoms with E-state index in [1.165, 1.54) is 0 Å². The smallest absolute Gasteiger partial charge is 0.161 e. The molecular weight excluding hydrogens is 278 g/mol. The Balaban J connectivity index is 2.30. The fourth-order valence-electron chi connectivity index (χ4n) is 2.05. The van der Waals surface area contributed by atoms with Crippen molar-refractivity contribution in [3.8, 4) is 11.5 Å². The lowest BCUT2D eigenvalue weighted by atomic mass is 10.0. The number of rotatable bonds is 6. The molecule has 0 amide bonds. The van der Waals surface area contributed by atoms with E-state index in [0.717, 1.165) is 11.3 Å². The predicted molar refractivity (Wildman–Crippen MR) is 88.3 cm³/mol. The summed E-state index contributed by atoms with van der Waals surface area (Å²) < 4.78 is 10.5. The third-order valence-corrected chi connectivity index (χ3v) is 3.20. The molecule has 0 saturated carbocycles. The van der Waals surface area contributed by atoms with E-state index in [9.17, 15) is 4.79 Å². The SMILES string of the molecule is COc1cc(N/C=C(/C(C)=O)c2ccccc2)cc(OC)c1. The number of carbonyl (C=O) groups excluding carboxylic acids is 1. The molecule has 0 unspecified atom stereocenters. The number of benzene rings is 2. The van der Waals surface area contributed by atoms with Crippen molar-refractivity contribution in [3.05, 3.63) is 60.3 Å². The van der Waals surface area contributed by atoms with Gasteiger partial charge in [0, 0.05) is 35.7 Å². The van der Waals surface area contributed by atoms with Crippen LogP contribution in [0.4, 0.5) is 5.69 Å². The summed E-state index contributed by atoms with van der Waals surface area (Å²) in [6.45, 7) is 1.55. The van der Waals surface area contributed by atoms with Crippen LogP contribution in [0.15, 0.2) is 54.7 Å². The molecule has 4 nitrogen and oxygen atoms in total. The highest BCUT2D eigenvalue weighted by Gasteiger charge is 2.07. The van der Waals surface area contributed by atoms with Gasteiger partial charge in [0.1, 0.15) is 11.5 Å². The maximum atomic E-state index is 11.9. The minimum atomic E-state index is -0.00596. The highest BCUT2D eigenvalue weighted by atomic mass is 16.5. The molecule has 0 spiro atoms. The molecule has 2 aromatic carbocycles. The van der Waals surface area contributed by atoms with Gasteiger partial charge in [0.2, 0.25) is 0 Å². The van der Waals surface area contributed by atoms with Gasteiger partial charge in [0.05, 0.1) is 14.2 Å². The Hall–Kier alpha value is -2.75. The first-order valence-corrected chi connectivity index (χ1v) is 6.90.